The Hall–Kier alpha value is -2.31. The van der Waals surface area contributed by atoms with Crippen molar-refractivity contribution in [1.82, 2.24) is 0 Å². The lowest BCUT2D eigenvalue weighted by atomic mass is 10.2. The van der Waals surface area contributed by atoms with Crippen LogP contribution in [0.4, 0.5) is 0 Å². The summed E-state index contributed by atoms with van der Waals surface area (Å²) in [5, 5.41) is 11.2. The summed E-state index contributed by atoms with van der Waals surface area (Å²) < 4.78 is 21.4. The second-order valence-corrected chi connectivity index (χ2v) is 3.53. The van der Waals surface area contributed by atoms with E-state index in [1.807, 2.05) is 0 Å². The van der Waals surface area contributed by atoms with Crippen LogP contribution in [0.3, 0.4) is 0 Å². The van der Waals surface area contributed by atoms with Crippen LogP contribution in [0.25, 0.3) is 0 Å². The van der Waals surface area contributed by atoms with Crippen molar-refractivity contribution in [3.05, 3.63) is 12.1 Å². The molecule has 0 saturated heterocycles. The molecule has 7 nitrogen and oxygen atoms in total. The van der Waals surface area contributed by atoms with Crippen LogP contribution in [-0.4, -0.2) is 38.0 Å². The molecule has 1 aromatic carbocycles. The molecule has 0 radical (unpaired) electrons. The fourth-order valence-corrected chi connectivity index (χ4v) is 1.52. The average molecular weight is 254 g/mol. The topological polar surface area (TPSA) is 95.5 Å². The predicted octanol–water partition coefficient (Wildman–Crippen LogP) is 0.592. The average Bonchev–Trinajstić information content (AvgIpc) is 2.43. The molecule has 3 N–H and O–H groups in total. The van der Waals surface area contributed by atoms with Gasteiger partial charge in [-0.15, -0.1) is 0 Å². The van der Waals surface area contributed by atoms with Gasteiger partial charge in [0.2, 0.25) is 5.75 Å². The summed E-state index contributed by atoms with van der Waals surface area (Å²) in [5.74, 6) is 2.09. The molecule has 0 saturated carbocycles. The van der Waals surface area contributed by atoms with Gasteiger partial charge in [-0.2, -0.15) is 0 Å². The molecular formula is C11H14N2O5. The summed E-state index contributed by atoms with van der Waals surface area (Å²) in [6.07, 6.45) is 0. The maximum Gasteiger partial charge on any atom is 0.203 e. The van der Waals surface area contributed by atoms with E-state index in [0.29, 0.717) is 36.2 Å². The van der Waals surface area contributed by atoms with E-state index in [0.717, 1.165) is 0 Å². The molecule has 0 spiro atoms. The highest BCUT2D eigenvalue weighted by Crippen LogP contribution is 2.42. The lowest BCUT2D eigenvalue weighted by Gasteiger charge is -2.21. The third-order valence-electron chi connectivity index (χ3n) is 2.32. The largest absolute Gasteiger partial charge is 0.493 e. The normalized spacial score (nSPS) is 14.2. The first-order valence-electron chi connectivity index (χ1n) is 5.31. The van der Waals surface area contributed by atoms with Crippen LogP contribution in [-0.2, 0) is 0 Å². The molecule has 0 atom stereocenters. The molecule has 98 valence electrons. The van der Waals surface area contributed by atoms with Gasteiger partial charge in [0.1, 0.15) is 25.6 Å². The highest BCUT2D eigenvalue weighted by atomic mass is 16.6. The van der Waals surface area contributed by atoms with Crippen molar-refractivity contribution < 1.29 is 24.2 Å². The summed E-state index contributed by atoms with van der Waals surface area (Å²) in [6.45, 7) is 0.923. The van der Waals surface area contributed by atoms with E-state index < -0.39 is 0 Å². The minimum Gasteiger partial charge on any atom is -0.493 e. The number of hydrogen-bond donors (Lipinski definition) is 2. The molecular weight excluding hydrogens is 240 g/mol. The van der Waals surface area contributed by atoms with Crippen LogP contribution in [0.5, 0.6) is 23.0 Å². The summed E-state index contributed by atoms with van der Waals surface area (Å²) in [4.78, 5) is 0. The molecule has 0 amide bonds. The van der Waals surface area contributed by atoms with Crippen molar-refractivity contribution in [2.24, 2.45) is 10.9 Å². The van der Waals surface area contributed by atoms with Gasteiger partial charge < -0.3 is 29.9 Å². The fourth-order valence-electron chi connectivity index (χ4n) is 1.52. The number of benzene rings is 1. The summed E-state index contributed by atoms with van der Waals surface area (Å²) in [5.41, 5.74) is 5.32. The van der Waals surface area contributed by atoms with E-state index in [2.05, 4.69) is 5.16 Å². The van der Waals surface area contributed by atoms with Crippen molar-refractivity contribution >= 4 is 5.84 Å². The zero-order chi connectivity index (χ0) is 13.0. The molecule has 0 unspecified atom stereocenters. The van der Waals surface area contributed by atoms with E-state index in [9.17, 15) is 0 Å². The number of methoxy groups -OCH3 is 1. The maximum absolute atomic E-state index is 8.42. The fraction of sp³-hybridized carbons (Fsp3) is 0.364. The smallest absolute Gasteiger partial charge is 0.203 e. The highest BCUT2D eigenvalue weighted by molar-refractivity contribution is 5.81. The third kappa shape index (κ3) is 2.50. The highest BCUT2D eigenvalue weighted by Gasteiger charge is 2.19. The van der Waals surface area contributed by atoms with Crippen LogP contribution in [0.2, 0.25) is 0 Å². The number of hydrogen-bond acceptors (Lipinski definition) is 6. The second kappa shape index (κ2) is 5.35. The molecule has 2 rings (SSSR count). The second-order valence-electron chi connectivity index (χ2n) is 3.53. The minimum absolute atomic E-state index is 0.0242. The van der Waals surface area contributed by atoms with E-state index in [1.54, 1.807) is 12.1 Å². The van der Waals surface area contributed by atoms with Gasteiger partial charge >= 0.3 is 0 Å². The number of amidine groups is 1. The van der Waals surface area contributed by atoms with Crippen LogP contribution in [0.1, 0.15) is 0 Å². The maximum atomic E-state index is 8.42. The Kier molecular flexibility index (Phi) is 3.61. The number of oxime groups is 1. The number of rotatable bonds is 4. The summed E-state index contributed by atoms with van der Waals surface area (Å²) in [6, 6.07) is 3.32. The molecule has 1 heterocycles. The molecule has 0 aliphatic carbocycles. The van der Waals surface area contributed by atoms with Gasteiger partial charge in [0, 0.05) is 12.1 Å². The molecule has 18 heavy (non-hydrogen) atoms. The van der Waals surface area contributed by atoms with E-state index >= 15 is 0 Å². The van der Waals surface area contributed by atoms with Crippen molar-refractivity contribution in [1.29, 1.82) is 0 Å². The first-order valence-corrected chi connectivity index (χ1v) is 5.31. The van der Waals surface area contributed by atoms with E-state index in [4.69, 9.17) is 29.9 Å². The van der Waals surface area contributed by atoms with Crippen molar-refractivity contribution in [3.8, 4) is 23.0 Å². The Morgan fingerprint density at radius 1 is 1.44 bits per heavy atom. The number of ether oxygens (including phenoxy) is 4. The molecule has 7 heteroatoms. The van der Waals surface area contributed by atoms with Gasteiger partial charge in [0.25, 0.3) is 0 Å². The van der Waals surface area contributed by atoms with Crippen LogP contribution in [0.15, 0.2) is 17.3 Å². The van der Waals surface area contributed by atoms with Crippen LogP contribution < -0.4 is 24.7 Å². The Labute approximate surface area is 104 Å². The number of nitrogens with zero attached hydrogens (tertiary/aromatic N) is 1. The Morgan fingerprint density at radius 3 is 2.94 bits per heavy atom. The first-order chi connectivity index (χ1) is 8.74. The van der Waals surface area contributed by atoms with Crippen molar-refractivity contribution in [2.45, 2.75) is 0 Å². The Bertz CT molecular complexity index is 444. The third-order valence-corrected chi connectivity index (χ3v) is 2.32. The monoisotopic (exact) mass is 254 g/mol. The van der Waals surface area contributed by atoms with Gasteiger partial charge in [0.15, 0.2) is 17.3 Å². The molecule has 1 aliphatic rings. The molecule has 0 bridgehead atoms. The van der Waals surface area contributed by atoms with Gasteiger partial charge in [-0.05, 0) is 0 Å². The van der Waals surface area contributed by atoms with Gasteiger partial charge in [0.05, 0.1) is 7.11 Å². The van der Waals surface area contributed by atoms with Crippen LogP contribution in [0, 0.1) is 0 Å². The Morgan fingerprint density at radius 2 is 2.22 bits per heavy atom. The number of fused-ring (bicyclic) bond motifs is 1. The minimum atomic E-state index is -0.0285. The zero-order valence-corrected chi connectivity index (χ0v) is 9.88. The SMILES string of the molecule is COc1cc(OCC(N)=NO)cc2c1OCCO2. The molecule has 0 fully saturated rings. The first kappa shape index (κ1) is 12.2. The summed E-state index contributed by atoms with van der Waals surface area (Å²) >= 11 is 0. The lowest BCUT2D eigenvalue weighted by Crippen LogP contribution is -2.21. The van der Waals surface area contributed by atoms with Crippen molar-refractivity contribution in [2.75, 3.05) is 26.9 Å². The number of nitrogens with two attached hydrogens (primary N) is 1. The molecule has 0 aromatic heterocycles. The van der Waals surface area contributed by atoms with Crippen molar-refractivity contribution in [3.63, 3.8) is 0 Å². The zero-order valence-electron chi connectivity index (χ0n) is 9.88. The lowest BCUT2D eigenvalue weighted by molar-refractivity contribution is 0.164. The van der Waals surface area contributed by atoms with E-state index in [-0.39, 0.29) is 12.4 Å². The summed E-state index contributed by atoms with van der Waals surface area (Å²) in [7, 11) is 1.53. The molecule has 1 aromatic rings. The predicted molar refractivity (Wildman–Crippen MR) is 62.9 cm³/mol. The Balaban J connectivity index is 2.21. The molecule has 1 aliphatic heterocycles. The quantitative estimate of drug-likeness (QED) is 0.353. The standard InChI is InChI=1S/C11H14N2O5/c1-15-8-4-7(18-6-10(12)13-14)5-9-11(8)17-3-2-16-9/h4-5,14H,2-3,6H2,1H3,(H2,12,13). The van der Waals surface area contributed by atoms with Gasteiger partial charge in [-0.25, -0.2) is 0 Å². The van der Waals surface area contributed by atoms with Gasteiger partial charge in [-0.1, -0.05) is 5.16 Å². The van der Waals surface area contributed by atoms with Gasteiger partial charge in [-0.3, -0.25) is 0 Å². The van der Waals surface area contributed by atoms with Crippen LogP contribution >= 0.6 is 0 Å². The van der Waals surface area contributed by atoms with E-state index in [1.165, 1.54) is 7.11 Å².